The first-order valence-corrected chi connectivity index (χ1v) is 7.99. The summed E-state index contributed by atoms with van der Waals surface area (Å²) in [6, 6.07) is 11.4. The second kappa shape index (κ2) is 7.18. The van der Waals surface area contributed by atoms with Crippen molar-refractivity contribution in [3.63, 3.8) is 0 Å². The highest BCUT2D eigenvalue weighted by molar-refractivity contribution is 6.05. The molecular formula is C19H25N3O. The highest BCUT2D eigenvalue weighted by atomic mass is 16.1. The average molecular weight is 311 g/mol. The van der Waals surface area contributed by atoms with Gasteiger partial charge in [-0.2, -0.15) is 0 Å². The Kier molecular flexibility index (Phi) is 5.27. The third kappa shape index (κ3) is 3.83. The molecule has 3 N–H and O–H groups in total. The molecule has 0 bridgehead atoms. The number of nitrogens with zero attached hydrogens (tertiary/aromatic N) is 1. The molecule has 23 heavy (non-hydrogen) atoms. The van der Waals surface area contributed by atoms with Crippen molar-refractivity contribution in [1.82, 2.24) is 0 Å². The van der Waals surface area contributed by atoms with E-state index in [9.17, 15) is 4.79 Å². The minimum Gasteiger partial charge on any atom is -0.399 e. The van der Waals surface area contributed by atoms with Crippen LogP contribution in [0.25, 0.3) is 0 Å². The third-order valence-corrected chi connectivity index (χ3v) is 4.12. The number of rotatable bonds is 5. The molecule has 0 aromatic heterocycles. The lowest BCUT2D eigenvalue weighted by molar-refractivity contribution is 0.102. The number of aryl methyl sites for hydroxylation is 2. The van der Waals surface area contributed by atoms with E-state index >= 15 is 0 Å². The fourth-order valence-electron chi connectivity index (χ4n) is 2.58. The van der Waals surface area contributed by atoms with Crippen LogP contribution in [0.3, 0.4) is 0 Å². The molecule has 122 valence electrons. The number of nitrogen functional groups attached to an aromatic ring is 1. The van der Waals surface area contributed by atoms with Crippen LogP contribution in [0, 0.1) is 13.8 Å². The van der Waals surface area contributed by atoms with E-state index in [4.69, 9.17) is 5.73 Å². The van der Waals surface area contributed by atoms with Crippen molar-refractivity contribution >= 4 is 23.0 Å². The SMILES string of the molecule is CCN(CC)c1ccc(NC(=O)c2ccc(N)c(C)c2)c(C)c1. The Morgan fingerprint density at radius 3 is 2.30 bits per heavy atom. The zero-order chi connectivity index (χ0) is 17.0. The van der Waals surface area contributed by atoms with Gasteiger partial charge in [-0.05, 0) is 75.2 Å². The van der Waals surface area contributed by atoms with Crippen LogP contribution in [-0.2, 0) is 0 Å². The molecule has 0 heterocycles. The van der Waals surface area contributed by atoms with Crippen LogP contribution in [0.5, 0.6) is 0 Å². The van der Waals surface area contributed by atoms with Gasteiger partial charge < -0.3 is 16.0 Å². The Balaban J connectivity index is 2.19. The van der Waals surface area contributed by atoms with Gasteiger partial charge in [-0.25, -0.2) is 0 Å². The van der Waals surface area contributed by atoms with Gasteiger partial charge in [0.1, 0.15) is 0 Å². The predicted molar refractivity (Wildman–Crippen MR) is 98.3 cm³/mol. The Bertz CT molecular complexity index is 706. The first-order chi connectivity index (χ1) is 11.0. The molecule has 0 saturated carbocycles. The molecule has 0 unspecified atom stereocenters. The summed E-state index contributed by atoms with van der Waals surface area (Å²) in [5.74, 6) is -0.119. The monoisotopic (exact) mass is 311 g/mol. The lowest BCUT2D eigenvalue weighted by Gasteiger charge is -2.22. The summed E-state index contributed by atoms with van der Waals surface area (Å²) in [5.41, 5.74) is 11.1. The van der Waals surface area contributed by atoms with Gasteiger partial charge in [0.15, 0.2) is 0 Å². The summed E-state index contributed by atoms with van der Waals surface area (Å²) in [6.45, 7) is 10.1. The van der Waals surface area contributed by atoms with Crippen LogP contribution in [0.1, 0.15) is 35.3 Å². The van der Waals surface area contributed by atoms with Gasteiger partial charge in [0.05, 0.1) is 0 Å². The molecule has 0 fully saturated rings. The minimum absolute atomic E-state index is 0.119. The summed E-state index contributed by atoms with van der Waals surface area (Å²) in [6.07, 6.45) is 0. The van der Waals surface area contributed by atoms with Crippen LogP contribution in [-0.4, -0.2) is 19.0 Å². The van der Waals surface area contributed by atoms with Crippen LogP contribution >= 0.6 is 0 Å². The molecule has 2 aromatic rings. The van der Waals surface area contributed by atoms with E-state index < -0.39 is 0 Å². The molecule has 0 atom stereocenters. The van der Waals surface area contributed by atoms with Gasteiger partial charge in [0.25, 0.3) is 5.91 Å². The van der Waals surface area contributed by atoms with Gasteiger partial charge in [0, 0.05) is 35.7 Å². The lowest BCUT2D eigenvalue weighted by Crippen LogP contribution is -2.22. The first-order valence-electron chi connectivity index (χ1n) is 7.99. The molecular weight excluding hydrogens is 286 g/mol. The molecule has 2 rings (SSSR count). The van der Waals surface area contributed by atoms with E-state index in [1.165, 1.54) is 5.69 Å². The molecule has 0 aliphatic carbocycles. The summed E-state index contributed by atoms with van der Waals surface area (Å²) >= 11 is 0. The summed E-state index contributed by atoms with van der Waals surface area (Å²) in [5, 5.41) is 2.98. The van der Waals surface area contributed by atoms with Crippen molar-refractivity contribution in [3.05, 3.63) is 53.1 Å². The van der Waals surface area contributed by atoms with Crippen molar-refractivity contribution < 1.29 is 4.79 Å². The Hall–Kier alpha value is -2.49. The number of hydrogen-bond acceptors (Lipinski definition) is 3. The van der Waals surface area contributed by atoms with Gasteiger partial charge >= 0.3 is 0 Å². The van der Waals surface area contributed by atoms with Crippen molar-refractivity contribution in [2.45, 2.75) is 27.7 Å². The van der Waals surface area contributed by atoms with Crippen LogP contribution < -0.4 is 16.0 Å². The first kappa shape index (κ1) is 16.9. The summed E-state index contributed by atoms with van der Waals surface area (Å²) in [4.78, 5) is 14.7. The number of benzene rings is 2. The van der Waals surface area contributed by atoms with Crippen molar-refractivity contribution in [3.8, 4) is 0 Å². The average Bonchev–Trinajstić information content (AvgIpc) is 2.53. The number of anilines is 3. The highest BCUT2D eigenvalue weighted by Crippen LogP contribution is 2.23. The zero-order valence-electron chi connectivity index (χ0n) is 14.3. The van der Waals surface area contributed by atoms with Gasteiger partial charge in [0.2, 0.25) is 0 Å². The third-order valence-electron chi connectivity index (χ3n) is 4.12. The highest BCUT2D eigenvalue weighted by Gasteiger charge is 2.10. The van der Waals surface area contributed by atoms with Crippen molar-refractivity contribution in [2.75, 3.05) is 29.0 Å². The number of hydrogen-bond donors (Lipinski definition) is 2. The Morgan fingerprint density at radius 2 is 1.74 bits per heavy atom. The smallest absolute Gasteiger partial charge is 0.255 e. The fourth-order valence-corrected chi connectivity index (χ4v) is 2.58. The van der Waals surface area contributed by atoms with Gasteiger partial charge in [-0.1, -0.05) is 0 Å². The molecule has 4 nitrogen and oxygen atoms in total. The second-order valence-electron chi connectivity index (χ2n) is 5.70. The fraction of sp³-hybridized carbons (Fsp3) is 0.316. The quantitative estimate of drug-likeness (QED) is 0.821. The number of carbonyl (C=O) groups excluding carboxylic acids is 1. The molecule has 0 spiro atoms. The van der Waals surface area contributed by atoms with Crippen molar-refractivity contribution in [1.29, 1.82) is 0 Å². The summed E-state index contributed by atoms with van der Waals surface area (Å²) in [7, 11) is 0. The van der Waals surface area contributed by atoms with E-state index in [0.717, 1.165) is 29.9 Å². The Morgan fingerprint density at radius 1 is 1.04 bits per heavy atom. The maximum Gasteiger partial charge on any atom is 0.255 e. The van der Waals surface area contributed by atoms with E-state index in [-0.39, 0.29) is 5.91 Å². The van der Waals surface area contributed by atoms with E-state index in [1.54, 1.807) is 12.1 Å². The molecule has 0 aliphatic rings. The standard InChI is InChI=1S/C19H25N3O/c1-5-22(6-2)16-8-10-18(14(4)12-16)21-19(23)15-7-9-17(20)13(3)11-15/h7-12H,5-6,20H2,1-4H3,(H,21,23). The van der Waals surface area contributed by atoms with Crippen LogP contribution in [0.15, 0.2) is 36.4 Å². The van der Waals surface area contributed by atoms with E-state index in [0.29, 0.717) is 11.3 Å². The molecule has 2 aromatic carbocycles. The second-order valence-corrected chi connectivity index (χ2v) is 5.70. The normalized spacial score (nSPS) is 10.4. The van der Waals surface area contributed by atoms with E-state index in [2.05, 4.69) is 30.1 Å². The molecule has 0 saturated heterocycles. The predicted octanol–water partition coefficient (Wildman–Crippen LogP) is 3.98. The van der Waals surface area contributed by atoms with Crippen LogP contribution in [0.2, 0.25) is 0 Å². The number of nitrogens with one attached hydrogen (secondary N) is 1. The minimum atomic E-state index is -0.119. The van der Waals surface area contributed by atoms with Gasteiger partial charge in [-0.15, -0.1) is 0 Å². The van der Waals surface area contributed by atoms with Gasteiger partial charge in [-0.3, -0.25) is 4.79 Å². The largest absolute Gasteiger partial charge is 0.399 e. The summed E-state index contributed by atoms with van der Waals surface area (Å²) < 4.78 is 0. The molecule has 0 aliphatic heterocycles. The number of carbonyl (C=O) groups is 1. The number of amides is 1. The molecule has 1 amide bonds. The lowest BCUT2D eigenvalue weighted by atomic mass is 10.1. The maximum atomic E-state index is 12.4. The van der Waals surface area contributed by atoms with Crippen LogP contribution in [0.4, 0.5) is 17.1 Å². The number of nitrogens with two attached hydrogens (primary N) is 1. The zero-order valence-corrected chi connectivity index (χ0v) is 14.3. The van der Waals surface area contributed by atoms with E-state index in [1.807, 2.05) is 32.0 Å². The molecule has 0 radical (unpaired) electrons. The Labute approximate surface area is 138 Å². The topological polar surface area (TPSA) is 58.4 Å². The molecule has 4 heteroatoms. The maximum absolute atomic E-state index is 12.4. The van der Waals surface area contributed by atoms with Crippen molar-refractivity contribution in [2.24, 2.45) is 0 Å².